The fraction of sp³-hybridized carbons (Fsp3) is 0.273. The van der Waals surface area contributed by atoms with Crippen LogP contribution < -0.4 is 5.32 Å². The summed E-state index contributed by atoms with van der Waals surface area (Å²) >= 11 is 6.00. The molecule has 1 N–H and O–H groups in total. The Morgan fingerprint density at radius 2 is 2.21 bits per heavy atom. The first-order valence-corrected chi connectivity index (χ1v) is 5.00. The lowest BCUT2D eigenvalue weighted by Gasteiger charge is -2.15. The molecular weight excluding hydrogens is 201 g/mol. The second-order valence-corrected chi connectivity index (χ2v) is 3.71. The molecule has 1 aromatic rings. The molecule has 0 fully saturated rings. The second kappa shape index (κ2) is 4.11. The van der Waals surface area contributed by atoms with Crippen LogP contribution in [0.2, 0.25) is 5.02 Å². The highest BCUT2D eigenvalue weighted by atomic mass is 35.5. The van der Waals surface area contributed by atoms with Gasteiger partial charge in [-0.3, -0.25) is 0 Å². The Bertz CT molecular complexity index is 374. The Morgan fingerprint density at radius 1 is 1.36 bits per heavy atom. The minimum Gasteiger partial charge on any atom is -0.313 e. The van der Waals surface area contributed by atoms with Crippen molar-refractivity contribution in [2.24, 2.45) is 0 Å². The minimum absolute atomic E-state index is 0.233. The number of hydrogen-bond acceptors (Lipinski definition) is 1. The van der Waals surface area contributed by atoms with Gasteiger partial charge in [0.2, 0.25) is 0 Å². The minimum atomic E-state index is -0.233. The third kappa shape index (κ3) is 1.97. The molecule has 0 saturated carbocycles. The van der Waals surface area contributed by atoms with E-state index in [1.54, 1.807) is 6.07 Å². The molecule has 0 bridgehead atoms. The third-order valence-electron chi connectivity index (χ3n) is 2.34. The SMILES string of the molecule is Fc1ccc(Cl)c(C2=CCNCC2)c1. The maximum absolute atomic E-state index is 13.0. The van der Waals surface area contributed by atoms with Crippen LogP contribution >= 0.6 is 11.6 Å². The molecule has 14 heavy (non-hydrogen) atoms. The van der Waals surface area contributed by atoms with Gasteiger partial charge in [0.05, 0.1) is 0 Å². The van der Waals surface area contributed by atoms with Crippen molar-refractivity contribution in [2.45, 2.75) is 6.42 Å². The molecule has 0 aliphatic carbocycles. The van der Waals surface area contributed by atoms with E-state index in [1.807, 2.05) is 0 Å². The molecule has 0 amide bonds. The molecule has 0 spiro atoms. The summed E-state index contributed by atoms with van der Waals surface area (Å²) in [7, 11) is 0. The maximum atomic E-state index is 13.0. The molecule has 2 rings (SSSR count). The average Bonchev–Trinajstić information content (AvgIpc) is 2.23. The molecule has 1 aliphatic heterocycles. The topological polar surface area (TPSA) is 12.0 Å². The van der Waals surface area contributed by atoms with Crippen LogP contribution in [0.25, 0.3) is 5.57 Å². The summed E-state index contributed by atoms with van der Waals surface area (Å²) in [6.45, 7) is 1.76. The lowest BCUT2D eigenvalue weighted by molar-refractivity contribution is 0.627. The van der Waals surface area contributed by atoms with Gasteiger partial charge in [-0.15, -0.1) is 0 Å². The first-order valence-electron chi connectivity index (χ1n) is 4.62. The molecule has 0 saturated heterocycles. The smallest absolute Gasteiger partial charge is 0.123 e. The van der Waals surface area contributed by atoms with Crippen molar-refractivity contribution in [2.75, 3.05) is 13.1 Å². The van der Waals surface area contributed by atoms with Gasteiger partial charge in [-0.1, -0.05) is 17.7 Å². The van der Waals surface area contributed by atoms with Crippen molar-refractivity contribution in [3.63, 3.8) is 0 Å². The highest BCUT2D eigenvalue weighted by molar-refractivity contribution is 6.32. The van der Waals surface area contributed by atoms with Crippen molar-refractivity contribution in [3.05, 3.63) is 40.7 Å². The molecule has 1 nitrogen and oxygen atoms in total. The number of halogens is 2. The molecular formula is C11H11ClFN. The van der Waals surface area contributed by atoms with Gasteiger partial charge < -0.3 is 5.32 Å². The predicted octanol–water partition coefficient (Wildman–Crippen LogP) is 2.86. The van der Waals surface area contributed by atoms with Crippen LogP contribution in [-0.4, -0.2) is 13.1 Å². The van der Waals surface area contributed by atoms with Gasteiger partial charge in [0, 0.05) is 11.6 Å². The highest BCUT2D eigenvalue weighted by Crippen LogP contribution is 2.27. The Balaban J connectivity index is 2.39. The van der Waals surface area contributed by atoms with Crippen molar-refractivity contribution in [3.8, 4) is 0 Å². The number of hydrogen-bond donors (Lipinski definition) is 1. The molecule has 0 atom stereocenters. The van der Waals surface area contributed by atoms with E-state index in [4.69, 9.17) is 11.6 Å². The first kappa shape index (κ1) is 9.69. The van der Waals surface area contributed by atoms with E-state index in [-0.39, 0.29) is 5.82 Å². The average molecular weight is 212 g/mol. The first-order chi connectivity index (χ1) is 6.77. The second-order valence-electron chi connectivity index (χ2n) is 3.31. The third-order valence-corrected chi connectivity index (χ3v) is 2.67. The quantitative estimate of drug-likeness (QED) is 0.753. The van der Waals surface area contributed by atoms with E-state index < -0.39 is 0 Å². The number of benzene rings is 1. The molecule has 0 radical (unpaired) electrons. The largest absolute Gasteiger partial charge is 0.313 e. The zero-order valence-corrected chi connectivity index (χ0v) is 8.44. The molecule has 0 aromatic heterocycles. The van der Waals surface area contributed by atoms with Crippen LogP contribution in [0.3, 0.4) is 0 Å². The Morgan fingerprint density at radius 3 is 2.93 bits per heavy atom. The van der Waals surface area contributed by atoms with Crippen LogP contribution in [0.4, 0.5) is 4.39 Å². The normalized spacial score (nSPS) is 16.6. The van der Waals surface area contributed by atoms with Gasteiger partial charge >= 0.3 is 0 Å². The van der Waals surface area contributed by atoms with E-state index in [0.717, 1.165) is 30.6 Å². The van der Waals surface area contributed by atoms with Crippen molar-refractivity contribution >= 4 is 17.2 Å². The van der Waals surface area contributed by atoms with Gasteiger partial charge in [-0.2, -0.15) is 0 Å². The molecule has 3 heteroatoms. The van der Waals surface area contributed by atoms with Crippen LogP contribution in [0.1, 0.15) is 12.0 Å². The Labute approximate surface area is 87.6 Å². The lowest BCUT2D eigenvalue weighted by atomic mass is 10.0. The molecule has 1 heterocycles. The highest BCUT2D eigenvalue weighted by Gasteiger charge is 2.09. The van der Waals surface area contributed by atoms with Gasteiger partial charge in [-0.25, -0.2) is 4.39 Å². The van der Waals surface area contributed by atoms with Gasteiger partial charge in [0.1, 0.15) is 5.82 Å². The molecule has 1 aromatic carbocycles. The van der Waals surface area contributed by atoms with Gasteiger partial charge in [0.15, 0.2) is 0 Å². The van der Waals surface area contributed by atoms with E-state index in [9.17, 15) is 4.39 Å². The van der Waals surface area contributed by atoms with Crippen LogP contribution in [0.15, 0.2) is 24.3 Å². The molecule has 74 valence electrons. The van der Waals surface area contributed by atoms with Crippen LogP contribution in [0.5, 0.6) is 0 Å². The summed E-state index contributed by atoms with van der Waals surface area (Å²) in [5.74, 6) is -0.233. The van der Waals surface area contributed by atoms with E-state index in [1.165, 1.54) is 12.1 Å². The van der Waals surface area contributed by atoms with Gasteiger partial charge in [0.25, 0.3) is 0 Å². The van der Waals surface area contributed by atoms with Gasteiger partial charge in [-0.05, 0) is 42.3 Å². The summed E-state index contributed by atoms with van der Waals surface area (Å²) in [6, 6.07) is 4.49. The summed E-state index contributed by atoms with van der Waals surface area (Å²) in [5, 5.41) is 3.83. The number of nitrogens with one attached hydrogen (secondary N) is 1. The van der Waals surface area contributed by atoms with E-state index >= 15 is 0 Å². The fourth-order valence-corrected chi connectivity index (χ4v) is 1.85. The summed E-state index contributed by atoms with van der Waals surface area (Å²) in [4.78, 5) is 0. The zero-order valence-electron chi connectivity index (χ0n) is 7.69. The maximum Gasteiger partial charge on any atom is 0.123 e. The monoisotopic (exact) mass is 211 g/mol. The van der Waals surface area contributed by atoms with E-state index in [0.29, 0.717) is 5.02 Å². The zero-order chi connectivity index (χ0) is 9.97. The Hall–Kier alpha value is -0.860. The standard InChI is InChI=1S/C11H11ClFN/c12-11-2-1-9(13)7-10(11)8-3-5-14-6-4-8/h1-3,7,14H,4-6H2. The van der Waals surface area contributed by atoms with Crippen molar-refractivity contribution in [1.82, 2.24) is 5.32 Å². The fourth-order valence-electron chi connectivity index (χ4n) is 1.61. The molecule has 1 aliphatic rings. The summed E-state index contributed by atoms with van der Waals surface area (Å²) < 4.78 is 13.0. The van der Waals surface area contributed by atoms with Crippen LogP contribution in [-0.2, 0) is 0 Å². The predicted molar refractivity (Wildman–Crippen MR) is 56.9 cm³/mol. The molecule has 0 unspecified atom stereocenters. The lowest BCUT2D eigenvalue weighted by Crippen LogP contribution is -2.20. The van der Waals surface area contributed by atoms with E-state index in [2.05, 4.69) is 11.4 Å². The number of rotatable bonds is 1. The summed E-state index contributed by atoms with van der Waals surface area (Å²) in [6.07, 6.45) is 2.97. The Kier molecular flexibility index (Phi) is 2.85. The van der Waals surface area contributed by atoms with Crippen molar-refractivity contribution < 1.29 is 4.39 Å². The summed E-state index contributed by atoms with van der Waals surface area (Å²) in [5.41, 5.74) is 1.96. The van der Waals surface area contributed by atoms with Crippen molar-refractivity contribution in [1.29, 1.82) is 0 Å². The van der Waals surface area contributed by atoms with Crippen LogP contribution in [0, 0.1) is 5.82 Å².